The number of carbonyl (C=O) groups is 1. The van der Waals surface area contributed by atoms with Crippen LogP contribution in [0.3, 0.4) is 0 Å². The highest BCUT2D eigenvalue weighted by Crippen LogP contribution is 2.38. The lowest BCUT2D eigenvalue weighted by Gasteiger charge is -2.04. The summed E-state index contributed by atoms with van der Waals surface area (Å²) in [6.07, 6.45) is 3.00. The molecule has 0 bridgehead atoms. The van der Waals surface area contributed by atoms with Crippen molar-refractivity contribution in [3.8, 4) is 0 Å². The molecule has 1 atom stereocenters. The maximum atomic E-state index is 11.4. The SMILES string of the molecule is CCC(=O)C(C)Sc1n[nH]c(C2CC2)n1. The highest BCUT2D eigenvalue weighted by Gasteiger charge is 2.27. The summed E-state index contributed by atoms with van der Waals surface area (Å²) in [5.41, 5.74) is 0. The highest BCUT2D eigenvalue weighted by molar-refractivity contribution is 8.00. The van der Waals surface area contributed by atoms with Gasteiger partial charge in [0.25, 0.3) is 0 Å². The van der Waals surface area contributed by atoms with Crippen LogP contribution in [0.4, 0.5) is 0 Å². The molecule has 1 heterocycles. The van der Waals surface area contributed by atoms with Gasteiger partial charge in [0.2, 0.25) is 5.16 Å². The van der Waals surface area contributed by atoms with Crippen molar-refractivity contribution in [3.05, 3.63) is 5.82 Å². The number of hydrogen-bond donors (Lipinski definition) is 1. The molecule has 1 fully saturated rings. The number of hydrogen-bond acceptors (Lipinski definition) is 4. The van der Waals surface area contributed by atoms with Gasteiger partial charge in [0.15, 0.2) is 0 Å². The van der Waals surface area contributed by atoms with Crippen molar-refractivity contribution in [2.24, 2.45) is 0 Å². The third kappa shape index (κ3) is 2.59. The van der Waals surface area contributed by atoms with Crippen molar-refractivity contribution in [2.75, 3.05) is 0 Å². The summed E-state index contributed by atoms with van der Waals surface area (Å²) in [5.74, 6) is 1.82. The van der Waals surface area contributed by atoms with E-state index in [1.165, 1.54) is 24.6 Å². The van der Waals surface area contributed by atoms with E-state index >= 15 is 0 Å². The molecule has 0 spiro atoms. The fourth-order valence-corrected chi connectivity index (χ4v) is 2.23. The molecule has 15 heavy (non-hydrogen) atoms. The first kappa shape index (κ1) is 10.7. The molecule has 1 unspecified atom stereocenters. The van der Waals surface area contributed by atoms with Crippen molar-refractivity contribution in [1.29, 1.82) is 0 Å². The van der Waals surface area contributed by atoms with Gasteiger partial charge in [-0.2, -0.15) is 0 Å². The van der Waals surface area contributed by atoms with Crippen LogP contribution in [0.2, 0.25) is 0 Å². The van der Waals surface area contributed by atoms with Crippen molar-refractivity contribution in [1.82, 2.24) is 15.2 Å². The van der Waals surface area contributed by atoms with Crippen molar-refractivity contribution in [2.45, 2.75) is 49.4 Å². The standard InChI is InChI=1S/C10H15N3OS/c1-3-8(14)6(2)15-10-11-9(12-13-10)7-4-5-7/h6-7H,3-5H2,1-2H3,(H,11,12,13). The smallest absolute Gasteiger partial charge is 0.209 e. The van der Waals surface area contributed by atoms with Crippen molar-refractivity contribution >= 4 is 17.5 Å². The minimum Gasteiger partial charge on any atom is -0.298 e. The lowest BCUT2D eigenvalue weighted by atomic mass is 10.2. The van der Waals surface area contributed by atoms with Crippen molar-refractivity contribution in [3.63, 3.8) is 0 Å². The average Bonchev–Trinajstić information content (AvgIpc) is 2.99. The van der Waals surface area contributed by atoms with Gasteiger partial charge >= 0.3 is 0 Å². The van der Waals surface area contributed by atoms with Gasteiger partial charge in [-0.3, -0.25) is 9.89 Å². The van der Waals surface area contributed by atoms with Gasteiger partial charge in [0.05, 0.1) is 5.25 Å². The number of nitrogens with zero attached hydrogens (tertiary/aromatic N) is 2. The first-order chi connectivity index (χ1) is 7.20. The fraction of sp³-hybridized carbons (Fsp3) is 0.700. The number of aromatic nitrogens is 3. The number of H-pyrrole nitrogens is 1. The van der Waals surface area contributed by atoms with E-state index < -0.39 is 0 Å². The zero-order chi connectivity index (χ0) is 10.8. The molecule has 5 heteroatoms. The van der Waals surface area contributed by atoms with E-state index in [0.29, 0.717) is 17.5 Å². The molecule has 0 radical (unpaired) electrons. The minimum atomic E-state index is -0.0437. The molecular weight excluding hydrogens is 210 g/mol. The first-order valence-electron chi connectivity index (χ1n) is 5.32. The van der Waals surface area contributed by atoms with Gasteiger partial charge in [-0.25, -0.2) is 4.98 Å². The van der Waals surface area contributed by atoms with E-state index in [4.69, 9.17) is 0 Å². The fourth-order valence-electron chi connectivity index (χ4n) is 1.36. The van der Waals surface area contributed by atoms with Crippen molar-refractivity contribution < 1.29 is 4.79 Å². The Morgan fingerprint density at radius 2 is 2.40 bits per heavy atom. The molecule has 0 aliphatic heterocycles. The summed E-state index contributed by atoms with van der Waals surface area (Å²) >= 11 is 1.44. The molecule has 1 aliphatic carbocycles. The van der Waals surface area contributed by atoms with Crippen LogP contribution in [-0.4, -0.2) is 26.2 Å². The second-order valence-electron chi connectivity index (χ2n) is 3.86. The lowest BCUT2D eigenvalue weighted by molar-refractivity contribution is -0.118. The van der Waals surface area contributed by atoms with Gasteiger partial charge < -0.3 is 0 Å². The summed E-state index contributed by atoms with van der Waals surface area (Å²) in [7, 11) is 0. The number of ketones is 1. The molecule has 82 valence electrons. The van der Waals surface area contributed by atoms with Crippen LogP contribution in [0.1, 0.15) is 44.9 Å². The molecule has 1 aromatic rings. The van der Waals surface area contributed by atoms with Crippen LogP contribution < -0.4 is 0 Å². The predicted molar refractivity (Wildman–Crippen MR) is 59.0 cm³/mol. The predicted octanol–water partition coefficient (Wildman–Crippen LogP) is 2.14. The Labute approximate surface area is 93.2 Å². The van der Waals surface area contributed by atoms with Crippen LogP contribution in [0, 0.1) is 0 Å². The first-order valence-corrected chi connectivity index (χ1v) is 6.20. The number of Topliss-reactive ketones (excluding diaryl/α,β-unsaturated/α-hetero) is 1. The number of aromatic amines is 1. The number of nitrogens with one attached hydrogen (secondary N) is 1. The van der Waals surface area contributed by atoms with E-state index in [1.807, 2.05) is 13.8 Å². The highest BCUT2D eigenvalue weighted by atomic mass is 32.2. The van der Waals surface area contributed by atoms with E-state index in [2.05, 4.69) is 15.2 Å². The van der Waals surface area contributed by atoms with Crippen LogP contribution >= 0.6 is 11.8 Å². The quantitative estimate of drug-likeness (QED) is 0.780. The number of thioether (sulfide) groups is 1. The average molecular weight is 225 g/mol. The van der Waals surface area contributed by atoms with Gasteiger partial charge in [-0.15, -0.1) is 5.10 Å². The van der Waals surface area contributed by atoms with Crippen LogP contribution in [-0.2, 0) is 4.79 Å². The summed E-state index contributed by atoms with van der Waals surface area (Å²) < 4.78 is 0. The molecular formula is C10H15N3OS. The van der Waals surface area contributed by atoms with Gasteiger partial charge in [-0.05, 0) is 19.8 Å². The Kier molecular flexibility index (Phi) is 3.09. The molecule has 1 aromatic heterocycles. The van der Waals surface area contributed by atoms with Gasteiger partial charge in [0, 0.05) is 12.3 Å². The van der Waals surface area contributed by atoms with E-state index in [-0.39, 0.29) is 11.0 Å². The third-order valence-corrected chi connectivity index (χ3v) is 3.54. The number of carbonyl (C=O) groups excluding carboxylic acids is 1. The molecule has 0 aromatic carbocycles. The second kappa shape index (κ2) is 4.35. The Bertz CT molecular complexity index is 359. The Morgan fingerprint density at radius 3 is 3.00 bits per heavy atom. The minimum absolute atomic E-state index is 0.0437. The van der Waals surface area contributed by atoms with Crippen LogP contribution in [0.25, 0.3) is 0 Å². The van der Waals surface area contributed by atoms with Crippen LogP contribution in [0.15, 0.2) is 5.16 Å². The van der Waals surface area contributed by atoms with Crippen LogP contribution in [0.5, 0.6) is 0 Å². The molecule has 0 saturated heterocycles. The monoisotopic (exact) mass is 225 g/mol. The maximum Gasteiger partial charge on any atom is 0.209 e. The van der Waals surface area contributed by atoms with E-state index in [0.717, 1.165) is 5.82 Å². The maximum absolute atomic E-state index is 11.4. The van der Waals surface area contributed by atoms with Gasteiger partial charge in [-0.1, -0.05) is 18.7 Å². The molecule has 0 amide bonds. The largest absolute Gasteiger partial charge is 0.298 e. The summed E-state index contributed by atoms with van der Waals surface area (Å²) in [6.45, 7) is 3.79. The Hall–Kier alpha value is -0.840. The lowest BCUT2D eigenvalue weighted by Crippen LogP contribution is -2.11. The summed E-state index contributed by atoms with van der Waals surface area (Å²) in [5, 5.41) is 7.70. The van der Waals surface area contributed by atoms with Gasteiger partial charge in [0.1, 0.15) is 11.6 Å². The number of rotatable bonds is 5. The summed E-state index contributed by atoms with van der Waals surface area (Å²) in [4.78, 5) is 15.8. The molecule has 4 nitrogen and oxygen atoms in total. The zero-order valence-corrected chi connectivity index (χ0v) is 9.80. The Balaban J connectivity index is 1.94. The molecule has 1 aliphatic rings. The molecule has 2 rings (SSSR count). The third-order valence-electron chi connectivity index (χ3n) is 2.53. The zero-order valence-electron chi connectivity index (χ0n) is 8.99. The van der Waals surface area contributed by atoms with E-state index in [9.17, 15) is 4.79 Å². The Morgan fingerprint density at radius 1 is 1.67 bits per heavy atom. The molecule has 1 saturated carbocycles. The molecule has 1 N–H and O–H groups in total. The normalized spacial score (nSPS) is 17.7. The summed E-state index contributed by atoms with van der Waals surface area (Å²) in [6, 6.07) is 0. The second-order valence-corrected chi connectivity index (χ2v) is 5.17. The topological polar surface area (TPSA) is 58.6 Å². The van der Waals surface area contributed by atoms with E-state index in [1.54, 1.807) is 0 Å².